The van der Waals surface area contributed by atoms with Crippen LogP contribution in [0.4, 0.5) is 0 Å². The molecule has 0 bridgehead atoms. The number of hydrogen-bond acceptors (Lipinski definition) is 4. The Morgan fingerprint density at radius 3 is 2.74 bits per heavy atom. The Morgan fingerprint density at radius 1 is 1.16 bits per heavy atom. The molecule has 0 aliphatic heterocycles. The predicted octanol–water partition coefficient (Wildman–Crippen LogP) is 5.61. The van der Waals surface area contributed by atoms with Crippen LogP contribution in [0.5, 0.6) is 5.75 Å². The standard InChI is InChI=1S/C26H24N2O3/c1-3-30-24-14-25-22(23(17-31-25)20-9-5-4-6-10-20)13-21(24)18(2)12-26(29)28-16-19-8-7-11-27-15-19/h4-15,17H,3,16H2,1-2H3,(H,28,29)/b18-12+. The molecular formula is C26H24N2O3. The van der Waals surface area contributed by atoms with Crippen molar-refractivity contribution in [3.8, 4) is 16.9 Å². The lowest BCUT2D eigenvalue weighted by molar-refractivity contribution is -0.116. The topological polar surface area (TPSA) is 64.4 Å². The van der Waals surface area contributed by atoms with E-state index in [1.54, 1.807) is 24.7 Å². The molecule has 4 rings (SSSR count). The monoisotopic (exact) mass is 412 g/mol. The number of fused-ring (bicyclic) bond motifs is 1. The summed E-state index contributed by atoms with van der Waals surface area (Å²) in [5.74, 6) is 0.525. The van der Waals surface area contributed by atoms with E-state index in [9.17, 15) is 4.79 Å². The van der Waals surface area contributed by atoms with Crippen molar-refractivity contribution in [2.24, 2.45) is 0 Å². The summed E-state index contributed by atoms with van der Waals surface area (Å²) in [6.45, 7) is 4.79. The zero-order chi connectivity index (χ0) is 21.6. The maximum absolute atomic E-state index is 12.5. The number of pyridine rings is 1. The number of rotatable bonds is 7. The van der Waals surface area contributed by atoms with Gasteiger partial charge in [-0.15, -0.1) is 0 Å². The molecule has 31 heavy (non-hydrogen) atoms. The van der Waals surface area contributed by atoms with Crippen LogP contribution in [-0.4, -0.2) is 17.5 Å². The number of benzene rings is 2. The number of allylic oxidation sites excluding steroid dienone is 1. The molecular weight excluding hydrogens is 388 g/mol. The first-order valence-electron chi connectivity index (χ1n) is 10.2. The molecule has 2 heterocycles. The van der Waals surface area contributed by atoms with Gasteiger partial charge in [0.1, 0.15) is 11.3 Å². The molecule has 0 atom stereocenters. The summed E-state index contributed by atoms with van der Waals surface area (Å²) in [5, 5.41) is 3.89. The Kier molecular flexibility index (Phi) is 6.13. The molecule has 1 N–H and O–H groups in total. The van der Waals surface area contributed by atoms with E-state index >= 15 is 0 Å². The smallest absolute Gasteiger partial charge is 0.244 e. The van der Waals surface area contributed by atoms with Crippen LogP contribution in [0.15, 0.2) is 83.7 Å². The van der Waals surface area contributed by atoms with E-state index in [1.165, 1.54) is 0 Å². The lowest BCUT2D eigenvalue weighted by Gasteiger charge is -2.12. The molecule has 0 spiro atoms. The van der Waals surface area contributed by atoms with Crippen LogP contribution in [0, 0.1) is 0 Å². The third-order valence-corrected chi connectivity index (χ3v) is 5.02. The summed E-state index contributed by atoms with van der Waals surface area (Å²) in [6, 6.07) is 17.8. The van der Waals surface area contributed by atoms with E-state index in [-0.39, 0.29) is 5.91 Å². The highest BCUT2D eigenvalue weighted by Crippen LogP contribution is 2.37. The SMILES string of the molecule is CCOc1cc2occ(-c3ccccc3)c2cc1/C(C)=C/C(=O)NCc1cccnc1. The van der Waals surface area contributed by atoms with Gasteiger partial charge < -0.3 is 14.5 Å². The summed E-state index contributed by atoms with van der Waals surface area (Å²) < 4.78 is 11.7. The van der Waals surface area contributed by atoms with Gasteiger partial charge in [0.15, 0.2) is 0 Å². The normalized spacial score (nSPS) is 11.5. The summed E-state index contributed by atoms with van der Waals surface area (Å²) >= 11 is 0. The Hall–Kier alpha value is -3.86. The average molecular weight is 412 g/mol. The fourth-order valence-corrected chi connectivity index (χ4v) is 3.50. The lowest BCUT2D eigenvalue weighted by atomic mass is 9.99. The van der Waals surface area contributed by atoms with E-state index < -0.39 is 0 Å². The zero-order valence-electron chi connectivity index (χ0n) is 17.6. The van der Waals surface area contributed by atoms with Crippen molar-refractivity contribution in [1.82, 2.24) is 10.3 Å². The first-order valence-corrected chi connectivity index (χ1v) is 10.2. The number of amides is 1. The third-order valence-electron chi connectivity index (χ3n) is 5.02. The van der Waals surface area contributed by atoms with Crippen LogP contribution < -0.4 is 10.1 Å². The maximum atomic E-state index is 12.5. The number of ether oxygens (including phenoxy) is 1. The number of aromatic nitrogens is 1. The van der Waals surface area contributed by atoms with Gasteiger partial charge >= 0.3 is 0 Å². The van der Waals surface area contributed by atoms with Gasteiger partial charge in [0.25, 0.3) is 0 Å². The molecule has 2 aromatic heterocycles. The van der Waals surface area contributed by atoms with Gasteiger partial charge in [-0.05, 0) is 42.7 Å². The summed E-state index contributed by atoms with van der Waals surface area (Å²) in [4.78, 5) is 16.6. The number of carbonyl (C=O) groups excluding carboxylic acids is 1. The van der Waals surface area contributed by atoms with Crippen LogP contribution in [0.1, 0.15) is 25.0 Å². The summed E-state index contributed by atoms with van der Waals surface area (Å²) in [6.07, 6.45) is 6.81. The minimum Gasteiger partial charge on any atom is -0.493 e. The van der Waals surface area contributed by atoms with Gasteiger partial charge in [-0.2, -0.15) is 0 Å². The molecule has 0 aliphatic rings. The van der Waals surface area contributed by atoms with Crippen LogP contribution in [0.25, 0.3) is 27.7 Å². The predicted molar refractivity (Wildman–Crippen MR) is 123 cm³/mol. The molecule has 5 nitrogen and oxygen atoms in total. The van der Waals surface area contributed by atoms with Crippen molar-refractivity contribution in [3.05, 3.63) is 90.5 Å². The number of nitrogens with zero attached hydrogens (tertiary/aromatic N) is 1. The molecule has 0 saturated heterocycles. The van der Waals surface area contributed by atoms with Crippen molar-refractivity contribution in [1.29, 1.82) is 0 Å². The van der Waals surface area contributed by atoms with Gasteiger partial charge in [0.05, 0.1) is 12.9 Å². The highest BCUT2D eigenvalue weighted by Gasteiger charge is 2.15. The molecule has 5 heteroatoms. The van der Waals surface area contributed by atoms with Crippen molar-refractivity contribution >= 4 is 22.4 Å². The van der Waals surface area contributed by atoms with Gasteiger partial charge in [-0.25, -0.2) is 0 Å². The van der Waals surface area contributed by atoms with Gasteiger partial charge in [-0.1, -0.05) is 36.4 Å². The molecule has 1 amide bonds. The number of hydrogen-bond donors (Lipinski definition) is 1. The second-order valence-electron chi connectivity index (χ2n) is 7.20. The van der Waals surface area contributed by atoms with E-state index in [1.807, 2.05) is 56.3 Å². The molecule has 0 radical (unpaired) electrons. The molecule has 0 aliphatic carbocycles. The van der Waals surface area contributed by atoms with Crippen molar-refractivity contribution in [2.45, 2.75) is 20.4 Å². The van der Waals surface area contributed by atoms with Crippen molar-refractivity contribution in [3.63, 3.8) is 0 Å². The maximum Gasteiger partial charge on any atom is 0.244 e. The second-order valence-corrected chi connectivity index (χ2v) is 7.20. The summed E-state index contributed by atoms with van der Waals surface area (Å²) in [7, 11) is 0. The largest absolute Gasteiger partial charge is 0.493 e. The van der Waals surface area contributed by atoms with E-state index in [4.69, 9.17) is 9.15 Å². The Bertz CT molecular complexity index is 1210. The summed E-state index contributed by atoms with van der Waals surface area (Å²) in [5.41, 5.74) is 5.46. The number of furan rings is 1. The number of carbonyl (C=O) groups is 1. The number of nitrogens with one attached hydrogen (secondary N) is 1. The molecule has 0 unspecified atom stereocenters. The van der Waals surface area contributed by atoms with E-state index in [2.05, 4.69) is 22.4 Å². The molecule has 156 valence electrons. The highest BCUT2D eigenvalue weighted by molar-refractivity contribution is 6.00. The van der Waals surface area contributed by atoms with Crippen molar-refractivity contribution in [2.75, 3.05) is 6.61 Å². The van der Waals surface area contributed by atoms with Crippen LogP contribution in [0.2, 0.25) is 0 Å². The highest BCUT2D eigenvalue weighted by atomic mass is 16.5. The van der Waals surface area contributed by atoms with E-state index in [0.29, 0.717) is 18.9 Å². The zero-order valence-corrected chi connectivity index (χ0v) is 17.6. The minimum atomic E-state index is -0.167. The fraction of sp³-hybridized carbons (Fsp3) is 0.154. The van der Waals surface area contributed by atoms with Crippen LogP contribution >= 0.6 is 0 Å². The van der Waals surface area contributed by atoms with Gasteiger partial charge in [0, 0.05) is 47.6 Å². The second kappa shape index (κ2) is 9.30. The van der Waals surface area contributed by atoms with Crippen LogP contribution in [0.3, 0.4) is 0 Å². The van der Waals surface area contributed by atoms with Gasteiger partial charge in [-0.3, -0.25) is 9.78 Å². The minimum absolute atomic E-state index is 0.167. The third kappa shape index (κ3) is 4.67. The first-order chi connectivity index (χ1) is 15.2. The molecule has 2 aromatic carbocycles. The Labute approximate surface area is 181 Å². The van der Waals surface area contributed by atoms with E-state index in [0.717, 1.165) is 38.8 Å². The van der Waals surface area contributed by atoms with Crippen molar-refractivity contribution < 1.29 is 13.9 Å². The first kappa shape index (κ1) is 20.4. The van der Waals surface area contributed by atoms with Gasteiger partial charge in [0.2, 0.25) is 5.91 Å². The average Bonchev–Trinajstić information content (AvgIpc) is 3.21. The molecule has 0 fully saturated rings. The van der Waals surface area contributed by atoms with Crippen LogP contribution in [-0.2, 0) is 11.3 Å². The molecule has 0 saturated carbocycles. The quantitative estimate of drug-likeness (QED) is 0.401. The Balaban J connectivity index is 1.66. The fourth-order valence-electron chi connectivity index (χ4n) is 3.50. The lowest BCUT2D eigenvalue weighted by Crippen LogP contribution is -2.20. The molecule has 4 aromatic rings. The Morgan fingerprint density at radius 2 is 2.00 bits per heavy atom.